The Morgan fingerprint density at radius 2 is 1.71 bits per heavy atom. The van der Waals surface area contributed by atoms with Crippen LogP contribution < -0.4 is 15.4 Å². The Labute approximate surface area is 176 Å². The minimum Gasteiger partial charge on any atom is -0.489 e. The van der Waals surface area contributed by atoms with Gasteiger partial charge in [-0.15, -0.1) is 0 Å². The fraction of sp³-hybridized carbons (Fsp3) is 0.136. The first-order chi connectivity index (χ1) is 14.8. The van der Waals surface area contributed by atoms with Crippen LogP contribution in [0.15, 0.2) is 73.1 Å². The number of rotatable bonds is 7. The maximum atomic E-state index is 12.5. The fourth-order valence-electron chi connectivity index (χ4n) is 2.57. The van der Waals surface area contributed by atoms with Gasteiger partial charge in [-0.05, 0) is 48.5 Å². The van der Waals surface area contributed by atoms with Crippen LogP contribution in [0, 0.1) is 0 Å². The van der Waals surface area contributed by atoms with Crippen LogP contribution in [0.1, 0.15) is 26.3 Å². The summed E-state index contributed by atoms with van der Waals surface area (Å²) in [6.45, 7) is -1.11. The Bertz CT molecular complexity index is 1040. The van der Waals surface area contributed by atoms with Crippen molar-refractivity contribution in [2.24, 2.45) is 0 Å². The number of carbonyl (C=O) groups excluding carboxylic acids is 2. The molecule has 1 aromatic heterocycles. The summed E-state index contributed by atoms with van der Waals surface area (Å²) < 4.78 is 42.2. The standard InChI is InChI=1S/C22H18F3N3O3/c23-22(24,25)14-27-20(29)16-6-8-18(9-7-16)28-21(30)17-4-1-5-19(11-17)31-13-15-3-2-10-26-12-15/h1-12H,13-14H2,(H,27,29)(H,28,30). The highest BCUT2D eigenvalue weighted by Gasteiger charge is 2.27. The number of amides is 2. The Morgan fingerprint density at radius 3 is 2.39 bits per heavy atom. The van der Waals surface area contributed by atoms with E-state index in [-0.39, 0.29) is 5.56 Å². The molecule has 0 unspecified atom stereocenters. The Kier molecular flexibility index (Phi) is 6.86. The molecular weight excluding hydrogens is 411 g/mol. The normalized spacial score (nSPS) is 10.9. The highest BCUT2D eigenvalue weighted by atomic mass is 19.4. The van der Waals surface area contributed by atoms with Gasteiger partial charge in [-0.25, -0.2) is 0 Å². The fourth-order valence-corrected chi connectivity index (χ4v) is 2.57. The van der Waals surface area contributed by atoms with Crippen LogP contribution in [0.2, 0.25) is 0 Å². The topological polar surface area (TPSA) is 80.3 Å². The van der Waals surface area contributed by atoms with E-state index in [9.17, 15) is 22.8 Å². The molecule has 0 bridgehead atoms. The lowest BCUT2D eigenvalue weighted by atomic mass is 10.1. The molecule has 9 heteroatoms. The number of pyridine rings is 1. The lowest BCUT2D eigenvalue weighted by molar-refractivity contribution is -0.123. The van der Waals surface area contributed by atoms with E-state index in [4.69, 9.17) is 4.74 Å². The zero-order chi connectivity index (χ0) is 22.3. The molecule has 3 aromatic rings. The summed E-state index contributed by atoms with van der Waals surface area (Å²) in [6, 6.07) is 15.8. The molecule has 0 aliphatic carbocycles. The van der Waals surface area contributed by atoms with Crippen molar-refractivity contribution in [2.75, 3.05) is 11.9 Å². The van der Waals surface area contributed by atoms with E-state index in [1.807, 2.05) is 6.07 Å². The number of nitrogens with one attached hydrogen (secondary N) is 2. The van der Waals surface area contributed by atoms with Crippen molar-refractivity contribution >= 4 is 17.5 Å². The second-order valence-electron chi connectivity index (χ2n) is 6.51. The number of ether oxygens (including phenoxy) is 1. The van der Waals surface area contributed by atoms with Gasteiger partial charge in [-0.3, -0.25) is 14.6 Å². The van der Waals surface area contributed by atoms with E-state index in [0.29, 0.717) is 23.6 Å². The van der Waals surface area contributed by atoms with E-state index in [1.165, 1.54) is 24.3 Å². The van der Waals surface area contributed by atoms with Crippen molar-refractivity contribution in [1.82, 2.24) is 10.3 Å². The van der Waals surface area contributed by atoms with Gasteiger partial charge in [0.2, 0.25) is 0 Å². The summed E-state index contributed by atoms with van der Waals surface area (Å²) in [6.07, 6.45) is -1.14. The molecule has 0 aliphatic heterocycles. The summed E-state index contributed by atoms with van der Waals surface area (Å²) in [5, 5.41) is 4.45. The van der Waals surface area contributed by atoms with E-state index in [2.05, 4.69) is 10.3 Å². The third-order valence-electron chi connectivity index (χ3n) is 4.08. The van der Waals surface area contributed by atoms with Crippen molar-refractivity contribution < 1.29 is 27.5 Å². The number of halogens is 3. The van der Waals surface area contributed by atoms with Gasteiger partial charge in [0.1, 0.15) is 18.9 Å². The second-order valence-corrected chi connectivity index (χ2v) is 6.51. The van der Waals surface area contributed by atoms with Crippen LogP contribution in [0.25, 0.3) is 0 Å². The zero-order valence-corrected chi connectivity index (χ0v) is 16.1. The van der Waals surface area contributed by atoms with Crippen molar-refractivity contribution in [2.45, 2.75) is 12.8 Å². The van der Waals surface area contributed by atoms with Gasteiger partial charge in [0.05, 0.1) is 0 Å². The van der Waals surface area contributed by atoms with Crippen molar-refractivity contribution in [3.63, 3.8) is 0 Å². The molecule has 6 nitrogen and oxygen atoms in total. The molecule has 0 atom stereocenters. The Morgan fingerprint density at radius 1 is 0.935 bits per heavy atom. The first kappa shape index (κ1) is 21.8. The lowest BCUT2D eigenvalue weighted by Gasteiger charge is -2.10. The summed E-state index contributed by atoms with van der Waals surface area (Å²) in [4.78, 5) is 28.2. The van der Waals surface area contributed by atoms with E-state index < -0.39 is 24.5 Å². The zero-order valence-electron chi connectivity index (χ0n) is 16.1. The minimum absolute atomic E-state index is 0.0491. The third-order valence-corrected chi connectivity index (χ3v) is 4.08. The van der Waals surface area contributed by atoms with Crippen molar-refractivity contribution in [1.29, 1.82) is 0 Å². The lowest BCUT2D eigenvalue weighted by Crippen LogP contribution is -2.33. The van der Waals surface area contributed by atoms with Gasteiger partial charge in [0.15, 0.2) is 0 Å². The minimum atomic E-state index is -4.49. The Hall–Kier alpha value is -3.88. The molecule has 3 rings (SSSR count). The smallest absolute Gasteiger partial charge is 0.405 e. The maximum Gasteiger partial charge on any atom is 0.405 e. The molecule has 0 aliphatic rings. The molecule has 0 radical (unpaired) electrons. The molecule has 0 spiro atoms. The number of aromatic nitrogens is 1. The molecule has 31 heavy (non-hydrogen) atoms. The van der Waals surface area contributed by atoms with E-state index in [0.717, 1.165) is 5.56 Å². The van der Waals surface area contributed by atoms with Gasteiger partial charge in [0, 0.05) is 34.8 Å². The summed E-state index contributed by atoms with van der Waals surface area (Å²) in [5.74, 6) is -0.747. The number of hydrogen-bond acceptors (Lipinski definition) is 4. The number of anilines is 1. The first-order valence-corrected chi connectivity index (χ1v) is 9.18. The molecule has 0 saturated heterocycles. The number of hydrogen-bond donors (Lipinski definition) is 2. The Balaban J connectivity index is 1.58. The van der Waals surface area contributed by atoms with Crippen LogP contribution in [-0.4, -0.2) is 29.5 Å². The second kappa shape index (κ2) is 9.75. The van der Waals surface area contributed by atoms with Crippen LogP contribution >= 0.6 is 0 Å². The highest BCUT2D eigenvalue weighted by molar-refractivity contribution is 6.04. The highest BCUT2D eigenvalue weighted by Crippen LogP contribution is 2.18. The van der Waals surface area contributed by atoms with Gasteiger partial charge in [-0.2, -0.15) is 13.2 Å². The molecule has 2 N–H and O–H groups in total. The number of nitrogens with zero attached hydrogens (tertiary/aromatic N) is 1. The molecule has 2 aromatic carbocycles. The summed E-state index contributed by atoms with van der Waals surface area (Å²) >= 11 is 0. The van der Waals surface area contributed by atoms with E-state index in [1.54, 1.807) is 48.0 Å². The molecule has 1 heterocycles. The van der Waals surface area contributed by atoms with Crippen LogP contribution in [0.4, 0.5) is 18.9 Å². The van der Waals surface area contributed by atoms with Crippen LogP contribution in [0.3, 0.4) is 0 Å². The quantitative estimate of drug-likeness (QED) is 0.590. The van der Waals surface area contributed by atoms with Gasteiger partial charge in [-0.1, -0.05) is 12.1 Å². The molecule has 160 valence electrons. The predicted molar refractivity (Wildman–Crippen MR) is 108 cm³/mol. The monoisotopic (exact) mass is 429 g/mol. The van der Waals surface area contributed by atoms with Crippen LogP contribution in [0.5, 0.6) is 5.75 Å². The largest absolute Gasteiger partial charge is 0.489 e. The summed E-state index contributed by atoms with van der Waals surface area (Å²) in [7, 11) is 0. The van der Waals surface area contributed by atoms with Gasteiger partial charge in [0.25, 0.3) is 11.8 Å². The summed E-state index contributed by atoms with van der Waals surface area (Å²) in [5.41, 5.74) is 1.68. The predicted octanol–water partition coefficient (Wildman–Crippen LogP) is 4.21. The van der Waals surface area contributed by atoms with E-state index >= 15 is 0 Å². The number of carbonyl (C=O) groups is 2. The average Bonchev–Trinajstić information content (AvgIpc) is 2.77. The van der Waals surface area contributed by atoms with Crippen molar-refractivity contribution in [3.05, 3.63) is 89.7 Å². The molecular formula is C22H18F3N3O3. The average molecular weight is 429 g/mol. The van der Waals surface area contributed by atoms with Gasteiger partial charge < -0.3 is 15.4 Å². The van der Waals surface area contributed by atoms with Gasteiger partial charge >= 0.3 is 6.18 Å². The number of alkyl halides is 3. The third kappa shape index (κ3) is 6.84. The molecule has 0 fully saturated rings. The maximum absolute atomic E-state index is 12.5. The van der Waals surface area contributed by atoms with Crippen molar-refractivity contribution in [3.8, 4) is 5.75 Å². The SMILES string of the molecule is O=C(NCC(F)(F)F)c1ccc(NC(=O)c2cccc(OCc3cccnc3)c2)cc1. The van der Waals surface area contributed by atoms with Crippen LogP contribution in [-0.2, 0) is 6.61 Å². The molecule has 0 saturated carbocycles. The molecule has 2 amide bonds. The first-order valence-electron chi connectivity index (χ1n) is 9.18. The number of benzene rings is 2.